The van der Waals surface area contributed by atoms with Gasteiger partial charge in [-0.25, -0.2) is 0 Å². The highest BCUT2D eigenvalue weighted by atomic mass is 16.5. The molecule has 1 saturated heterocycles. The van der Waals surface area contributed by atoms with E-state index in [4.69, 9.17) is 14.9 Å². The predicted octanol–water partition coefficient (Wildman–Crippen LogP) is 0.692. The molecule has 1 aliphatic heterocycles. The highest BCUT2D eigenvalue weighted by Crippen LogP contribution is 2.33. The second kappa shape index (κ2) is 9.80. The third-order valence-corrected chi connectivity index (χ3v) is 5.12. The number of aliphatic hydroxyl groups excluding tert-OH is 4. The van der Waals surface area contributed by atoms with Crippen LogP contribution in [0.3, 0.4) is 0 Å². The predicted molar refractivity (Wildman–Crippen MR) is 107 cm³/mol. The molecular weight excluding hydrogens is 388 g/mol. The Kier molecular flexibility index (Phi) is 7.15. The van der Waals surface area contributed by atoms with Gasteiger partial charge in [0, 0.05) is 6.21 Å². The van der Waals surface area contributed by atoms with Crippen molar-refractivity contribution >= 4 is 6.21 Å². The summed E-state index contributed by atoms with van der Waals surface area (Å²) in [5.74, 6) is 0.637. The highest BCUT2D eigenvalue weighted by molar-refractivity contribution is 5.54. The van der Waals surface area contributed by atoms with Crippen molar-refractivity contribution in [3.05, 3.63) is 64.7 Å². The van der Waals surface area contributed by atoms with E-state index in [0.29, 0.717) is 28.9 Å². The van der Waals surface area contributed by atoms with Gasteiger partial charge in [-0.15, -0.1) is 0 Å². The summed E-state index contributed by atoms with van der Waals surface area (Å²) in [6.07, 6.45) is -4.61. The van der Waals surface area contributed by atoms with Gasteiger partial charge in [0.15, 0.2) is 0 Å². The van der Waals surface area contributed by atoms with Gasteiger partial charge in [-0.3, -0.25) is 0 Å². The molecular formula is C22H24N2O6. The fourth-order valence-electron chi connectivity index (χ4n) is 3.48. The van der Waals surface area contributed by atoms with E-state index in [1.807, 2.05) is 12.1 Å². The zero-order valence-electron chi connectivity index (χ0n) is 16.2. The number of aliphatic hydroxyl groups is 4. The van der Waals surface area contributed by atoms with Crippen molar-refractivity contribution in [2.24, 2.45) is 0 Å². The number of benzene rings is 2. The van der Waals surface area contributed by atoms with Gasteiger partial charge in [0.25, 0.3) is 0 Å². The van der Waals surface area contributed by atoms with Crippen molar-refractivity contribution in [1.29, 1.82) is 10.7 Å². The number of rotatable bonds is 7. The molecule has 1 heterocycles. The van der Waals surface area contributed by atoms with Crippen molar-refractivity contribution in [3.8, 4) is 11.8 Å². The molecule has 0 aromatic heterocycles. The van der Waals surface area contributed by atoms with E-state index in [1.165, 1.54) is 0 Å². The van der Waals surface area contributed by atoms with Crippen LogP contribution >= 0.6 is 0 Å². The van der Waals surface area contributed by atoms with Crippen LogP contribution in [0.1, 0.15) is 28.4 Å². The third kappa shape index (κ3) is 4.67. The van der Waals surface area contributed by atoms with Crippen LogP contribution in [0, 0.1) is 16.7 Å². The Morgan fingerprint density at radius 1 is 1.07 bits per heavy atom. The van der Waals surface area contributed by atoms with E-state index in [2.05, 4.69) is 6.07 Å². The molecule has 3 rings (SSSR count). The summed E-state index contributed by atoms with van der Waals surface area (Å²) in [6.45, 7) is -0.309. The molecule has 5 N–H and O–H groups in total. The Hall–Kier alpha value is -2.80. The molecule has 5 atom stereocenters. The van der Waals surface area contributed by atoms with Gasteiger partial charge in [0.1, 0.15) is 42.9 Å². The van der Waals surface area contributed by atoms with Gasteiger partial charge in [-0.2, -0.15) is 5.26 Å². The van der Waals surface area contributed by atoms with Crippen LogP contribution in [-0.4, -0.2) is 64.3 Å². The lowest BCUT2D eigenvalue weighted by atomic mass is 9.89. The number of nitriles is 1. The molecule has 30 heavy (non-hydrogen) atoms. The molecule has 0 bridgehead atoms. The minimum atomic E-state index is -1.46. The lowest BCUT2D eigenvalue weighted by Gasteiger charge is -2.40. The van der Waals surface area contributed by atoms with Crippen molar-refractivity contribution in [3.63, 3.8) is 0 Å². The summed E-state index contributed by atoms with van der Waals surface area (Å²) >= 11 is 0. The monoisotopic (exact) mass is 412 g/mol. The van der Waals surface area contributed by atoms with E-state index in [-0.39, 0.29) is 6.61 Å². The lowest BCUT2D eigenvalue weighted by Crippen LogP contribution is -2.55. The first-order valence-electron chi connectivity index (χ1n) is 9.52. The maximum Gasteiger partial charge on any atom is 0.123 e. The summed E-state index contributed by atoms with van der Waals surface area (Å²) in [6, 6.07) is 14.4. The summed E-state index contributed by atoms with van der Waals surface area (Å²) in [4.78, 5) is 0. The molecule has 2 aromatic carbocycles. The van der Waals surface area contributed by atoms with E-state index < -0.39 is 37.1 Å². The third-order valence-electron chi connectivity index (χ3n) is 5.12. The number of ether oxygens (including phenoxy) is 2. The Labute approximate surface area is 174 Å². The molecule has 0 radical (unpaired) electrons. The zero-order valence-corrected chi connectivity index (χ0v) is 16.2. The average Bonchev–Trinajstić information content (AvgIpc) is 2.77. The molecule has 158 valence electrons. The van der Waals surface area contributed by atoms with Gasteiger partial charge < -0.3 is 35.3 Å². The normalized spacial score (nSPS) is 26.0. The molecule has 0 saturated carbocycles. The van der Waals surface area contributed by atoms with Gasteiger partial charge in [-0.1, -0.05) is 24.3 Å². The van der Waals surface area contributed by atoms with E-state index >= 15 is 0 Å². The Balaban J connectivity index is 1.85. The molecule has 2 aromatic rings. The van der Waals surface area contributed by atoms with Crippen LogP contribution in [0.5, 0.6) is 5.75 Å². The minimum absolute atomic E-state index is 0.194. The zero-order chi connectivity index (χ0) is 21.7. The van der Waals surface area contributed by atoms with Crippen LogP contribution in [0.25, 0.3) is 0 Å². The van der Waals surface area contributed by atoms with E-state index in [1.54, 1.807) is 30.3 Å². The summed E-state index contributed by atoms with van der Waals surface area (Å²) in [5.41, 5.74) is 2.64. The molecule has 1 fully saturated rings. The maximum atomic E-state index is 10.4. The van der Waals surface area contributed by atoms with Crippen molar-refractivity contribution in [1.82, 2.24) is 0 Å². The average molecular weight is 412 g/mol. The minimum Gasteiger partial charge on any atom is -0.488 e. The first-order chi connectivity index (χ1) is 14.5. The molecule has 0 unspecified atom stereocenters. The summed E-state index contributed by atoms with van der Waals surface area (Å²) < 4.78 is 11.0. The van der Waals surface area contributed by atoms with Crippen LogP contribution in [0.4, 0.5) is 0 Å². The Morgan fingerprint density at radius 2 is 1.80 bits per heavy atom. The smallest absolute Gasteiger partial charge is 0.123 e. The number of hydrogen-bond donors (Lipinski definition) is 5. The fraction of sp³-hybridized carbons (Fsp3) is 0.364. The Morgan fingerprint density at radius 3 is 2.43 bits per heavy atom. The molecule has 0 spiro atoms. The standard InChI is InChI=1S/C22H24N2O6/c23-7-8-29-17-5-1-13(2-6-17)9-16-10-14(3-4-15(16)11-24)22-21(28)20(27)19(26)18(12-25)30-22/h1-7,10,18-23,25-28H,8-9,12H2/t18-,19-,20+,21-,22+/m1/s1. The highest BCUT2D eigenvalue weighted by Gasteiger charge is 2.44. The second-order valence-electron chi connectivity index (χ2n) is 7.11. The molecule has 8 nitrogen and oxygen atoms in total. The number of hydrogen-bond acceptors (Lipinski definition) is 8. The van der Waals surface area contributed by atoms with Crippen molar-refractivity contribution < 1.29 is 29.9 Å². The fourth-order valence-corrected chi connectivity index (χ4v) is 3.48. The molecule has 0 aliphatic carbocycles. The second-order valence-corrected chi connectivity index (χ2v) is 7.11. The van der Waals surface area contributed by atoms with Gasteiger partial charge in [-0.05, 0) is 41.3 Å². The summed E-state index contributed by atoms with van der Waals surface area (Å²) in [5, 5.41) is 56.3. The number of nitrogens with zero attached hydrogens (tertiary/aromatic N) is 1. The van der Waals surface area contributed by atoms with Gasteiger partial charge >= 0.3 is 0 Å². The topological polar surface area (TPSA) is 147 Å². The van der Waals surface area contributed by atoms with Gasteiger partial charge in [0.2, 0.25) is 0 Å². The van der Waals surface area contributed by atoms with Crippen molar-refractivity contribution in [2.75, 3.05) is 13.2 Å². The first-order valence-corrected chi connectivity index (χ1v) is 9.52. The van der Waals surface area contributed by atoms with E-state index in [0.717, 1.165) is 11.8 Å². The van der Waals surface area contributed by atoms with Crippen LogP contribution in [-0.2, 0) is 11.2 Å². The molecule has 1 aliphatic rings. The quantitative estimate of drug-likeness (QED) is 0.420. The largest absolute Gasteiger partial charge is 0.488 e. The van der Waals surface area contributed by atoms with Gasteiger partial charge in [0.05, 0.1) is 18.2 Å². The lowest BCUT2D eigenvalue weighted by molar-refractivity contribution is -0.231. The maximum absolute atomic E-state index is 10.4. The van der Waals surface area contributed by atoms with Crippen molar-refractivity contribution in [2.45, 2.75) is 36.9 Å². The number of nitrogens with one attached hydrogen (secondary N) is 1. The first kappa shape index (κ1) is 21.9. The van der Waals surface area contributed by atoms with Crippen LogP contribution in [0.15, 0.2) is 42.5 Å². The Bertz CT molecular complexity index is 909. The van der Waals surface area contributed by atoms with Crippen LogP contribution < -0.4 is 4.74 Å². The van der Waals surface area contributed by atoms with Crippen LogP contribution in [0.2, 0.25) is 0 Å². The summed E-state index contributed by atoms with van der Waals surface area (Å²) in [7, 11) is 0. The molecule has 8 heteroatoms. The SMILES string of the molecule is N#Cc1ccc([C@@H]2O[C@H](CO)[C@@H](O)[C@H](O)[C@H]2O)cc1Cc1ccc(OCC=N)cc1. The molecule has 0 amide bonds. The van der Waals surface area contributed by atoms with E-state index in [9.17, 15) is 25.7 Å².